The fraction of sp³-hybridized carbons (Fsp3) is 0.364. The van der Waals surface area contributed by atoms with Crippen LogP contribution >= 0.6 is 0 Å². The van der Waals surface area contributed by atoms with Gasteiger partial charge < -0.3 is 25.6 Å². The van der Waals surface area contributed by atoms with Crippen LogP contribution < -0.4 is 11.3 Å². The highest BCUT2D eigenvalue weighted by molar-refractivity contribution is 5.94. The topological polar surface area (TPSA) is 121 Å². The minimum absolute atomic E-state index is 0.0802. The zero-order chi connectivity index (χ0) is 13.8. The van der Waals surface area contributed by atoms with Gasteiger partial charge in [-0.1, -0.05) is 5.16 Å². The minimum atomic E-state index is -0.635. The van der Waals surface area contributed by atoms with Crippen molar-refractivity contribution in [1.29, 1.82) is 0 Å². The first-order valence-corrected chi connectivity index (χ1v) is 5.69. The number of rotatable bonds is 2. The standard InChI is InChI=1S/C11H14N4O4/c12-10(14-18)8-6-15(3-4-19-8)11(17)7-1-2-13-9(16)5-7/h1-2,5,8,18H,3-4,6H2,(H2,12,14)(H,13,16). The molecule has 1 amide bonds. The second-order valence-electron chi connectivity index (χ2n) is 4.08. The van der Waals surface area contributed by atoms with Gasteiger partial charge in [-0.3, -0.25) is 9.59 Å². The lowest BCUT2D eigenvalue weighted by molar-refractivity contribution is 0.00675. The molecule has 8 nitrogen and oxygen atoms in total. The van der Waals surface area contributed by atoms with E-state index < -0.39 is 6.10 Å². The van der Waals surface area contributed by atoms with Gasteiger partial charge in [0.25, 0.3) is 5.91 Å². The summed E-state index contributed by atoms with van der Waals surface area (Å²) in [6.45, 7) is 0.859. The number of amidine groups is 1. The van der Waals surface area contributed by atoms with E-state index in [2.05, 4.69) is 10.1 Å². The number of ether oxygens (including phenoxy) is 1. The Morgan fingerprint density at radius 1 is 1.63 bits per heavy atom. The number of oxime groups is 1. The van der Waals surface area contributed by atoms with E-state index in [1.165, 1.54) is 23.2 Å². The molecule has 1 aromatic heterocycles. The van der Waals surface area contributed by atoms with Gasteiger partial charge in [0.2, 0.25) is 5.56 Å². The summed E-state index contributed by atoms with van der Waals surface area (Å²) < 4.78 is 5.29. The lowest BCUT2D eigenvalue weighted by atomic mass is 10.2. The molecular weight excluding hydrogens is 252 g/mol. The molecule has 102 valence electrons. The Bertz CT molecular complexity index is 554. The maximum Gasteiger partial charge on any atom is 0.254 e. The summed E-state index contributed by atoms with van der Waals surface area (Å²) in [6, 6.07) is 2.76. The van der Waals surface area contributed by atoms with Gasteiger partial charge in [-0.15, -0.1) is 0 Å². The molecule has 0 bridgehead atoms. The Morgan fingerprint density at radius 2 is 2.42 bits per heavy atom. The van der Waals surface area contributed by atoms with Crippen molar-refractivity contribution in [3.8, 4) is 0 Å². The third-order valence-electron chi connectivity index (χ3n) is 2.82. The first-order valence-electron chi connectivity index (χ1n) is 5.69. The Balaban J connectivity index is 2.13. The number of pyridine rings is 1. The second kappa shape index (κ2) is 5.53. The van der Waals surface area contributed by atoms with Gasteiger partial charge in [-0.05, 0) is 6.07 Å². The molecule has 8 heteroatoms. The number of aromatic nitrogens is 1. The number of morpholine rings is 1. The first kappa shape index (κ1) is 13.1. The van der Waals surface area contributed by atoms with Gasteiger partial charge >= 0.3 is 0 Å². The van der Waals surface area contributed by atoms with Crippen molar-refractivity contribution in [3.63, 3.8) is 0 Å². The van der Waals surface area contributed by atoms with E-state index in [1.54, 1.807) is 0 Å². The number of H-pyrrole nitrogens is 1. The number of nitrogens with two attached hydrogens (primary N) is 1. The van der Waals surface area contributed by atoms with E-state index in [-0.39, 0.29) is 30.5 Å². The molecule has 1 unspecified atom stereocenters. The number of hydrogen-bond donors (Lipinski definition) is 3. The zero-order valence-corrected chi connectivity index (χ0v) is 10.1. The summed E-state index contributed by atoms with van der Waals surface area (Å²) in [5.74, 6) is -0.367. The molecule has 0 aliphatic carbocycles. The van der Waals surface area contributed by atoms with E-state index in [0.29, 0.717) is 12.1 Å². The van der Waals surface area contributed by atoms with Gasteiger partial charge in [0, 0.05) is 24.4 Å². The lowest BCUT2D eigenvalue weighted by Crippen LogP contribution is -2.50. The molecule has 1 saturated heterocycles. The predicted octanol–water partition coefficient (Wildman–Crippen LogP) is -1.04. The van der Waals surface area contributed by atoms with E-state index in [9.17, 15) is 9.59 Å². The summed E-state index contributed by atoms with van der Waals surface area (Å²) in [7, 11) is 0. The van der Waals surface area contributed by atoms with Crippen LogP contribution in [0.5, 0.6) is 0 Å². The third kappa shape index (κ3) is 2.91. The largest absolute Gasteiger partial charge is 0.409 e. The molecule has 1 atom stereocenters. The summed E-state index contributed by atoms with van der Waals surface area (Å²) in [5.41, 5.74) is 5.41. The number of carbonyl (C=O) groups is 1. The molecule has 2 rings (SSSR count). The van der Waals surface area contributed by atoms with Crippen molar-refractivity contribution < 1.29 is 14.7 Å². The van der Waals surface area contributed by atoms with Crippen LogP contribution in [-0.4, -0.2) is 52.6 Å². The second-order valence-corrected chi connectivity index (χ2v) is 4.08. The molecule has 1 aliphatic rings. The van der Waals surface area contributed by atoms with E-state index in [4.69, 9.17) is 15.7 Å². The molecule has 2 heterocycles. The Morgan fingerprint density at radius 3 is 3.11 bits per heavy atom. The van der Waals surface area contributed by atoms with Crippen LogP contribution in [0, 0.1) is 0 Å². The number of nitrogens with one attached hydrogen (secondary N) is 1. The Hall–Kier alpha value is -2.35. The van der Waals surface area contributed by atoms with Crippen LogP contribution in [0.2, 0.25) is 0 Å². The summed E-state index contributed by atoms with van der Waals surface area (Å²) in [6.07, 6.45) is 0.779. The van der Waals surface area contributed by atoms with Crippen molar-refractivity contribution in [3.05, 3.63) is 34.2 Å². The fourth-order valence-corrected chi connectivity index (χ4v) is 1.84. The lowest BCUT2D eigenvalue weighted by Gasteiger charge is -2.32. The van der Waals surface area contributed by atoms with Crippen LogP contribution in [0.4, 0.5) is 0 Å². The van der Waals surface area contributed by atoms with E-state index in [0.717, 1.165) is 0 Å². The summed E-state index contributed by atoms with van der Waals surface area (Å²) >= 11 is 0. The fourth-order valence-electron chi connectivity index (χ4n) is 1.84. The molecule has 4 N–H and O–H groups in total. The van der Waals surface area contributed by atoms with Crippen LogP contribution in [0.3, 0.4) is 0 Å². The van der Waals surface area contributed by atoms with E-state index >= 15 is 0 Å². The minimum Gasteiger partial charge on any atom is -0.409 e. The SMILES string of the molecule is N/C(=N/O)C1CN(C(=O)c2cc[nH]c(=O)c2)CCO1. The van der Waals surface area contributed by atoms with Gasteiger partial charge in [0.05, 0.1) is 13.2 Å². The molecule has 19 heavy (non-hydrogen) atoms. The first-order chi connectivity index (χ1) is 9.11. The maximum absolute atomic E-state index is 12.2. The van der Waals surface area contributed by atoms with E-state index in [1.807, 2.05) is 0 Å². The number of aromatic amines is 1. The number of hydrogen-bond acceptors (Lipinski definition) is 5. The molecule has 0 spiro atoms. The molecule has 0 aromatic carbocycles. The Kier molecular flexibility index (Phi) is 3.81. The highest BCUT2D eigenvalue weighted by Crippen LogP contribution is 2.09. The van der Waals surface area contributed by atoms with Gasteiger partial charge in [-0.25, -0.2) is 0 Å². The molecule has 1 fully saturated rings. The third-order valence-corrected chi connectivity index (χ3v) is 2.82. The zero-order valence-electron chi connectivity index (χ0n) is 10.1. The molecule has 0 saturated carbocycles. The monoisotopic (exact) mass is 266 g/mol. The normalized spacial score (nSPS) is 20.3. The van der Waals surface area contributed by atoms with Crippen molar-refractivity contribution >= 4 is 11.7 Å². The van der Waals surface area contributed by atoms with Crippen LogP contribution in [0.1, 0.15) is 10.4 Å². The quantitative estimate of drug-likeness (QED) is 0.273. The summed E-state index contributed by atoms with van der Waals surface area (Å²) in [4.78, 5) is 27.3. The number of nitrogens with zero attached hydrogens (tertiary/aromatic N) is 2. The molecule has 1 aromatic rings. The molecule has 0 radical (unpaired) electrons. The van der Waals surface area contributed by atoms with Gasteiger partial charge in [0.1, 0.15) is 6.10 Å². The van der Waals surface area contributed by atoms with Crippen LogP contribution in [0.25, 0.3) is 0 Å². The maximum atomic E-state index is 12.2. The highest BCUT2D eigenvalue weighted by Gasteiger charge is 2.27. The average Bonchev–Trinajstić information content (AvgIpc) is 2.45. The number of carbonyl (C=O) groups excluding carboxylic acids is 1. The van der Waals surface area contributed by atoms with Gasteiger partial charge in [-0.2, -0.15) is 0 Å². The number of amides is 1. The van der Waals surface area contributed by atoms with Crippen molar-refractivity contribution in [2.24, 2.45) is 10.9 Å². The van der Waals surface area contributed by atoms with Crippen molar-refractivity contribution in [1.82, 2.24) is 9.88 Å². The average molecular weight is 266 g/mol. The molecular formula is C11H14N4O4. The van der Waals surface area contributed by atoms with Crippen molar-refractivity contribution in [2.45, 2.75) is 6.10 Å². The molecule has 1 aliphatic heterocycles. The smallest absolute Gasteiger partial charge is 0.254 e. The predicted molar refractivity (Wildman–Crippen MR) is 66.1 cm³/mol. The summed E-state index contributed by atoms with van der Waals surface area (Å²) in [5, 5.41) is 11.5. The highest BCUT2D eigenvalue weighted by atomic mass is 16.5. The van der Waals surface area contributed by atoms with Crippen molar-refractivity contribution in [2.75, 3.05) is 19.7 Å². The van der Waals surface area contributed by atoms with Crippen LogP contribution in [-0.2, 0) is 4.74 Å². The Labute approximate surface area is 108 Å². The van der Waals surface area contributed by atoms with Gasteiger partial charge in [0.15, 0.2) is 5.84 Å². The van der Waals surface area contributed by atoms with Crippen LogP contribution in [0.15, 0.2) is 28.3 Å².